The minimum atomic E-state index is -2.34. The summed E-state index contributed by atoms with van der Waals surface area (Å²) >= 11 is 0. The first kappa shape index (κ1) is 6.65. The molecule has 0 aromatic carbocycles. The lowest BCUT2D eigenvalue weighted by Gasteiger charge is -2.35. The summed E-state index contributed by atoms with van der Waals surface area (Å²) in [6, 6.07) is 0. The third-order valence-electron chi connectivity index (χ3n) is 1.73. The van der Waals surface area contributed by atoms with E-state index in [-0.39, 0.29) is 18.6 Å². The van der Waals surface area contributed by atoms with Crippen molar-refractivity contribution in [3.05, 3.63) is 0 Å². The number of halogens is 2. The van der Waals surface area contributed by atoms with Gasteiger partial charge in [0.2, 0.25) is 6.43 Å². The predicted molar refractivity (Wildman–Crippen MR) is 28.4 cm³/mol. The lowest BCUT2D eigenvalue weighted by molar-refractivity contribution is -0.142. The number of rotatable bonds is 1. The first-order valence-corrected chi connectivity index (χ1v) is 2.84. The third kappa shape index (κ3) is 0.955. The summed E-state index contributed by atoms with van der Waals surface area (Å²) in [7, 11) is 0. The van der Waals surface area contributed by atoms with Crippen molar-refractivity contribution in [2.24, 2.45) is 5.41 Å². The minimum Gasteiger partial charge on any atom is -0.300 e. The highest BCUT2D eigenvalue weighted by Crippen LogP contribution is 2.42. The number of alkyl halides is 2. The van der Waals surface area contributed by atoms with Gasteiger partial charge in [0.25, 0.3) is 0 Å². The molecule has 0 aromatic rings. The Kier molecular flexibility index (Phi) is 1.30. The van der Waals surface area contributed by atoms with Crippen LogP contribution in [0, 0.1) is 5.41 Å². The minimum absolute atomic E-state index is 0.0437. The Bertz CT molecular complexity index is 134. The maximum absolute atomic E-state index is 11.9. The Labute approximate surface area is 52.1 Å². The largest absolute Gasteiger partial charge is 0.300 e. The molecule has 0 radical (unpaired) electrons. The van der Waals surface area contributed by atoms with Crippen LogP contribution in [0.25, 0.3) is 0 Å². The van der Waals surface area contributed by atoms with Crippen LogP contribution in [0.2, 0.25) is 0 Å². The van der Waals surface area contributed by atoms with E-state index in [1.807, 2.05) is 0 Å². The molecule has 0 aliphatic heterocycles. The second-order valence-corrected chi connectivity index (χ2v) is 2.85. The molecule has 0 atom stereocenters. The standard InChI is InChI=1S/C6H8F2O/c1-6(5(7)8)2-4(9)3-6/h5H,2-3H2,1H3. The van der Waals surface area contributed by atoms with Gasteiger partial charge in [0.15, 0.2) is 0 Å². The lowest BCUT2D eigenvalue weighted by atomic mass is 9.70. The summed E-state index contributed by atoms with van der Waals surface area (Å²) in [5.74, 6) is -0.0437. The molecule has 1 aliphatic carbocycles. The number of carbonyl (C=O) groups excluding carboxylic acids is 1. The molecule has 0 bridgehead atoms. The van der Waals surface area contributed by atoms with Gasteiger partial charge >= 0.3 is 0 Å². The van der Waals surface area contributed by atoms with E-state index in [2.05, 4.69) is 0 Å². The van der Waals surface area contributed by atoms with Crippen molar-refractivity contribution in [1.82, 2.24) is 0 Å². The van der Waals surface area contributed by atoms with Crippen molar-refractivity contribution in [1.29, 1.82) is 0 Å². The predicted octanol–water partition coefficient (Wildman–Crippen LogP) is 1.62. The highest BCUT2D eigenvalue weighted by Gasteiger charge is 2.46. The van der Waals surface area contributed by atoms with Crippen LogP contribution in [0.1, 0.15) is 19.8 Å². The van der Waals surface area contributed by atoms with Gasteiger partial charge in [-0.1, -0.05) is 6.92 Å². The maximum Gasteiger partial charge on any atom is 0.244 e. The lowest BCUT2D eigenvalue weighted by Crippen LogP contribution is -2.40. The highest BCUT2D eigenvalue weighted by atomic mass is 19.3. The Balaban J connectivity index is 2.49. The molecular weight excluding hydrogens is 126 g/mol. The summed E-state index contributed by atoms with van der Waals surface area (Å²) in [5, 5.41) is 0. The molecule has 0 amide bonds. The van der Waals surface area contributed by atoms with E-state index in [1.54, 1.807) is 0 Å². The smallest absolute Gasteiger partial charge is 0.244 e. The van der Waals surface area contributed by atoms with Crippen molar-refractivity contribution in [3.8, 4) is 0 Å². The normalized spacial score (nSPS) is 24.2. The van der Waals surface area contributed by atoms with E-state index in [0.717, 1.165) is 0 Å². The van der Waals surface area contributed by atoms with Crippen molar-refractivity contribution in [2.75, 3.05) is 0 Å². The molecule has 1 saturated carbocycles. The summed E-state index contributed by atoms with van der Waals surface area (Å²) < 4.78 is 23.8. The quantitative estimate of drug-likeness (QED) is 0.532. The highest BCUT2D eigenvalue weighted by molar-refractivity contribution is 5.86. The molecular formula is C6H8F2O. The van der Waals surface area contributed by atoms with Crippen molar-refractivity contribution >= 4 is 5.78 Å². The Hall–Kier alpha value is -0.470. The Morgan fingerprint density at radius 1 is 1.56 bits per heavy atom. The first-order valence-electron chi connectivity index (χ1n) is 2.84. The van der Waals surface area contributed by atoms with Gasteiger partial charge in [-0.3, -0.25) is 4.79 Å². The van der Waals surface area contributed by atoms with Crippen LogP contribution < -0.4 is 0 Å². The number of Topliss-reactive ketones (excluding diaryl/α,β-unsaturated/α-hetero) is 1. The molecule has 1 rings (SSSR count). The topological polar surface area (TPSA) is 17.1 Å². The van der Waals surface area contributed by atoms with Crippen LogP contribution in [0.5, 0.6) is 0 Å². The summed E-state index contributed by atoms with van der Waals surface area (Å²) in [4.78, 5) is 10.3. The third-order valence-corrected chi connectivity index (χ3v) is 1.73. The van der Waals surface area contributed by atoms with E-state index in [9.17, 15) is 13.6 Å². The average Bonchev–Trinajstić information content (AvgIpc) is 1.62. The SMILES string of the molecule is CC1(C(F)F)CC(=O)C1. The van der Waals surface area contributed by atoms with Crippen molar-refractivity contribution in [2.45, 2.75) is 26.2 Å². The second-order valence-electron chi connectivity index (χ2n) is 2.85. The van der Waals surface area contributed by atoms with Gasteiger partial charge in [-0.2, -0.15) is 0 Å². The van der Waals surface area contributed by atoms with Crippen LogP contribution in [0.3, 0.4) is 0 Å². The van der Waals surface area contributed by atoms with Gasteiger partial charge in [-0.15, -0.1) is 0 Å². The molecule has 1 nitrogen and oxygen atoms in total. The second kappa shape index (κ2) is 1.75. The van der Waals surface area contributed by atoms with Gasteiger partial charge in [-0.05, 0) is 0 Å². The first-order chi connectivity index (χ1) is 4.04. The maximum atomic E-state index is 11.9. The molecule has 0 heterocycles. The van der Waals surface area contributed by atoms with Crippen LogP contribution in [-0.4, -0.2) is 12.2 Å². The average molecular weight is 134 g/mol. The van der Waals surface area contributed by atoms with Gasteiger partial charge < -0.3 is 0 Å². The Morgan fingerprint density at radius 2 is 2.00 bits per heavy atom. The zero-order valence-corrected chi connectivity index (χ0v) is 5.16. The van der Waals surface area contributed by atoms with Crippen molar-refractivity contribution < 1.29 is 13.6 Å². The fourth-order valence-electron chi connectivity index (χ4n) is 1.00. The molecule has 1 fully saturated rings. The number of hydrogen-bond acceptors (Lipinski definition) is 1. The zero-order valence-electron chi connectivity index (χ0n) is 5.16. The molecule has 0 saturated heterocycles. The van der Waals surface area contributed by atoms with Crippen LogP contribution in [-0.2, 0) is 4.79 Å². The van der Waals surface area contributed by atoms with E-state index in [1.165, 1.54) is 6.92 Å². The summed E-state index contributed by atoms with van der Waals surface area (Å²) in [6.07, 6.45) is -2.22. The van der Waals surface area contributed by atoms with E-state index in [0.29, 0.717) is 0 Å². The number of carbonyl (C=O) groups is 1. The fraction of sp³-hybridized carbons (Fsp3) is 0.833. The van der Waals surface area contributed by atoms with Crippen LogP contribution >= 0.6 is 0 Å². The van der Waals surface area contributed by atoms with Gasteiger partial charge in [0, 0.05) is 18.3 Å². The molecule has 3 heteroatoms. The van der Waals surface area contributed by atoms with Gasteiger partial charge in [0.1, 0.15) is 5.78 Å². The number of hydrogen-bond donors (Lipinski definition) is 0. The molecule has 0 spiro atoms. The van der Waals surface area contributed by atoms with E-state index < -0.39 is 11.8 Å². The molecule has 0 N–H and O–H groups in total. The Morgan fingerprint density at radius 3 is 2.11 bits per heavy atom. The summed E-state index contributed by atoms with van der Waals surface area (Å²) in [6.45, 7) is 1.44. The fourth-order valence-corrected chi connectivity index (χ4v) is 1.00. The summed E-state index contributed by atoms with van der Waals surface area (Å²) in [5.41, 5.74) is -0.989. The monoisotopic (exact) mass is 134 g/mol. The van der Waals surface area contributed by atoms with E-state index in [4.69, 9.17) is 0 Å². The molecule has 0 unspecified atom stereocenters. The zero-order chi connectivity index (χ0) is 7.07. The number of ketones is 1. The molecule has 1 aliphatic rings. The van der Waals surface area contributed by atoms with Crippen LogP contribution in [0.15, 0.2) is 0 Å². The van der Waals surface area contributed by atoms with E-state index >= 15 is 0 Å². The van der Waals surface area contributed by atoms with Crippen molar-refractivity contribution in [3.63, 3.8) is 0 Å². The molecule has 52 valence electrons. The van der Waals surface area contributed by atoms with Gasteiger partial charge in [0.05, 0.1) is 0 Å². The van der Waals surface area contributed by atoms with Crippen LogP contribution in [0.4, 0.5) is 8.78 Å². The molecule has 0 aromatic heterocycles. The van der Waals surface area contributed by atoms with Gasteiger partial charge in [-0.25, -0.2) is 8.78 Å². The molecule has 9 heavy (non-hydrogen) atoms.